The van der Waals surface area contributed by atoms with Gasteiger partial charge in [-0.1, -0.05) is 6.07 Å². The normalized spacial score (nSPS) is 11.9. The van der Waals surface area contributed by atoms with Gasteiger partial charge >= 0.3 is 6.18 Å². The van der Waals surface area contributed by atoms with E-state index in [1.165, 1.54) is 41.6 Å². The average Bonchev–Trinajstić information content (AvgIpc) is 3.32. The molecule has 0 aliphatic rings. The molecule has 1 aromatic carbocycles. The van der Waals surface area contributed by atoms with Crippen LogP contribution in [0.1, 0.15) is 5.56 Å². The zero-order valence-corrected chi connectivity index (χ0v) is 16.2. The van der Waals surface area contributed by atoms with Gasteiger partial charge < -0.3 is 5.32 Å². The molecule has 13 heteroatoms. The summed E-state index contributed by atoms with van der Waals surface area (Å²) in [4.78, 5) is 28.4. The molecule has 0 fully saturated rings. The van der Waals surface area contributed by atoms with Gasteiger partial charge in [0.1, 0.15) is 5.69 Å². The summed E-state index contributed by atoms with van der Waals surface area (Å²) in [5, 5.41) is 10.9. The molecule has 1 N–H and O–H groups in total. The van der Waals surface area contributed by atoms with Crippen molar-refractivity contribution in [3.05, 3.63) is 65.1 Å². The Morgan fingerprint density at radius 3 is 2.69 bits per heavy atom. The zero-order chi connectivity index (χ0) is 22.5. The van der Waals surface area contributed by atoms with Crippen LogP contribution in [0.3, 0.4) is 0 Å². The number of benzene rings is 1. The van der Waals surface area contributed by atoms with Crippen molar-refractivity contribution in [2.45, 2.75) is 6.18 Å². The molecule has 32 heavy (non-hydrogen) atoms. The molecule has 5 aromatic rings. The summed E-state index contributed by atoms with van der Waals surface area (Å²) < 4.78 is 43.9. The smallest absolute Gasteiger partial charge is 0.318 e. The second kappa shape index (κ2) is 7.08. The third-order valence-electron chi connectivity index (χ3n) is 4.59. The molecule has 0 atom stereocenters. The van der Waals surface area contributed by atoms with Crippen LogP contribution in [0.2, 0.25) is 0 Å². The number of anilines is 2. The second-order valence-electron chi connectivity index (χ2n) is 6.76. The molecule has 0 amide bonds. The van der Waals surface area contributed by atoms with Crippen LogP contribution in [0.15, 0.2) is 54.0 Å². The molecule has 4 aromatic heterocycles. The van der Waals surface area contributed by atoms with Gasteiger partial charge in [-0.2, -0.15) is 22.8 Å². The second-order valence-corrected chi connectivity index (χ2v) is 6.76. The minimum atomic E-state index is -4.64. The minimum absolute atomic E-state index is 0.0219. The predicted molar refractivity (Wildman–Crippen MR) is 107 cm³/mol. The van der Waals surface area contributed by atoms with Crippen molar-refractivity contribution in [1.82, 2.24) is 39.3 Å². The number of aryl methyl sites for hydroxylation is 1. The van der Waals surface area contributed by atoms with Gasteiger partial charge in [0.15, 0.2) is 11.5 Å². The summed E-state index contributed by atoms with van der Waals surface area (Å²) in [6.07, 6.45) is 2.26. The van der Waals surface area contributed by atoms with E-state index in [2.05, 4.69) is 35.5 Å². The van der Waals surface area contributed by atoms with Crippen LogP contribution in [0, 0.1) is 0 Å². The highest BCUT2D eigenvalue weighted by Gasteiger charge is 2.34. The highest BCUT2D eigenvalue weighted by Crippen LogP contribution is 2.37. The fourth-order valence-electron chi connectivity index (χ4n) is 3.22. The number of nitrogens with one attached hydrogen (secondary N) is 1. The van der Waals surface area contributed by atoms with Gasteiger partial charge in [0, 0.05) is 25.6 Å². The number of fused-ring (bicyclic) bond motifs is 3. The first-order chi connectivity index (χ1) is 15.3. The Bertz CT molecular complexity index is 1540. The molecule has 4 heterocycles. The zero-order valence-electron chi connectivity index (χ0n) is 16.2. The van der Waals surface area contributed by atoms with Crippen LogP contribution in [-0.2, 0) is 13.2 Å². The van der Waals surface area contributed by atoms with Crippen molar-refractivity contribution in [2.24, 2.45) is 7.05 Å². The summed E-state index contributed by atoms with van der Waals surface area (Å²) in [6, 6.07) is 3.63. The Morgan fingerprint density at radius 1 is 1.09 bits per heavy atom. The lowest BCUT2D eigenvalue weighted by molar-refractivity contribution is -0.136. The van der Waals surface area contributed by atoms with E-state index in [1.807, 2.05) is 0 Å². The first kappa shape index (κ1) is 19.5. The molecule has 0 aliphatic heterocycles. The standard InChI is InChI=1S/C19H12F3N9O/c1-30-9-10(7-25-30)15-28-16-14-11(19(20,21)22)3-2-4-12(14)26-18(31(16)29-15)27-13-8-23-5-6-24-17(13)32/h2-9H,1H3,(H,24,26,27,32). The maximum atomic E-state index is 13.7. The Balaban J connectivity index is 1.83. The van der Waals surface area contributed by atoms with Gasteiger partial charge in [0.2, 0.25) is 5.95 Å². The van der Waals surface area contributed by atoms with Crippen LogP contribution in [0.5, 0.6) is 0 Å². The van der Waals surface area contributed by atoms with Crippen molar-refractivity contribution < 1.29 is 13.2 Å². The highest BCUT2D eigenvalue weighted by molar-refractivity contribution is 5.96. The van der Waals surface area contributed by atoms with E-state index in [0.29, 0.717) is 5.56 Å². The molecule has 10 nitrogen and oxygen atoms in total. The monoisotopic (exact) mass is 439 g/mol. The van der Waals surface area contributed by atoms with Gasteiger partial charge in [-0.05, 0) is 12.1 Å². The van der Waals surface area contributed by atoms with E-state index in [1.54, 1.807) is 13.2 Å². The summed E-state index contributed by atoms with van der Waals surface area (Å²) in [7, 11) is 1.69. The molecular weight excluding hydrogens is 427 g/mol. The molecule has 0 saturated carbocycles. The van der Waals surface area contributed by atoms with E-state index < -0.39 is 17.3 Å². The summed E-state index contributed by atoms with van der Waals surface area (Å²) in [6.45, 7) is 0. The Hall–Kier alpha value is -4.42. The first-order valence-corrected chi connectivity index (χ1v) is 9.14. The topological polar surface area (TPSA) is 116 Å². The molecule has 0 radical (unpaired) electrons. The number of rotatable bonds is 3. The maximum Gasteiger partial charge on any atom is 0.417 e. The van der Waals surface area contributed by atoms with Crippen molar-refractivity contribution >= 4 is 28.2 Å². The van der Waals surface area contributed by atoms with Crippen LogP contribution >= 0.6 is 0 Å². The number of hydrogen-bond acceptors (Lipinski definition) is 8. The van der Waals surface area contributed by atoms with E-state index in [0.717, 1.165) is 10.6 Å². The number of halogens is 3. The summed E-state index contributed by atoms with van der Waals surface area (Å²) in [5.41, 5.74) is -1.13. The van der Waals surface area contributed by atoms with Crippen LogP contribution < -0.4 is 10.9 Å². The fourth-order valence-corrected chi connectivity index (χ4v) is 3.22. The van der Waals surface area contributed by atoms with Crippen LogP contribution in [0.4, 0.5) is 24.8 Å². The third kappa shape index (κ3) is 3.29. The molecule has 0 unspecified atom stereocenters. The Labute approximate surface area is 176 Å². The van der Waals surface area contributed by atoms with Gasteiger partial charge in [0.05, 0.1) is 34.4 Å². The number of alkyl halides is 3. The Kier molecular flexibility index (Phi) is 4.32. The van der Waals surface area contributed by atoms with Crippen LogP contribution in [-0.4, -0.2) is 39.3 Å². The maximum absolute atomic E-state index is 13.7. The summed E-state index contributed by atoms with van der Waals surface area (Å²) >= 11 is 0. The largest absolute Gasteiger partial charge is 0.417 e. The molecule has 0 aliphatic carbocycles. The lowest BCUT2D eigenvalue weighted by Gasteiger charge is -2.12. The van der Waals surface area contributed by atoms with E-state index >= 15 is 0 Å². The van der Waals surface area contributed by atoms with Crippen LogP contribution in [0.25, 0.3) is 27.9 Å². The third-order valence-corrected chi connectivity index (χ3v) is 4.59. The molecule has 0 bridgehead atoms. The predicted octanol–water partition coefficient (Wildman–Crippen LogP) is 2.59. The van der Waals surface area contributed by atoms with E-state index in [9.17, 15) is 18.0 Å². The van der Waals surface area contributed by atoms with Gasteiger partial charge in [-0.3, -0.25) is 14.5 Å². The number of aromatic nitrogens is 8. The molecule has 0 saturated heterocycles. The highest BCUT2D eigenvalue weighted by atomic mass is 19.4. The van der Waals surface area contributed by atoms with Crippen molar-refractivity contribution in [3.63, 3.8) is 0 Å². The quantitative estimate of drug-likeness (QED) is 0.456. The number of hydrogen-bond donors (Lipinski definition) is 1. The Morgan fingerprint density at radius 2 is 1.94 bits per heavy atom. The summed E-state index contributed by atoms with van der Waals surface area (Å²) in [5.74, 6) is 0.117. The van der Waals surface area contributed by atoms with Gasteiger partial charge in [-0.25, -0.2) is 15.0 Å². The average molecular weight is 439 g/mol. The molecule has 5 rings (SSSR count). The van der Waals surface area contributed by atoms with E-state index in [4.69, 9.17) is 0 Å². The van der Waals surface area contributed by atoms with Crippen molar-refractivity contribution in [1.29, 1.82) is 0 Å². The van der Waals surface area contributed by atoms with Gasteiger partial charge in [-0.15, -0.1) is 5.10 Å². The van der Waals surface area contributed by atoms with Gasteiger partial charge in [0.25, 0.3) is 5.56 Å². The van der Waals surface area contributed by atoms with Crippen molar-refractivity contribution in [2.75, 3.05) is 5.32 Å². The lowest BCUT2D eigenvalue weighted by Crippen LogP contribution is -2.13. The molecule has 160 valence electrons. The SMILES string of the molecule is Cn1cc(-c2nc3c4c(C(F)(F)F)cccc4nc(Nc4cnccnc4=O)n3n2)cn1. The first-order valence-electron chi connectivity index (χ1n) is 9.14. The minimum Gasteiger partial charge on any atom is -0.318 e. The molecular formula is C19H12F3N9O. The number of nitrogens with zero attached hydrogens (tertiary/aromatic N) is 8. The fraction of sp³-hybridized carbons (Fsp3) is 0.105. The van der Waals surface area contributed by atoms with E-state index in [-0.39, 0.29) is 34.0 Å². The lowest BCUT2D eigenvalue weighted by atomic mass is 10.1. The van der Waals surface area contributed by atoms with Crippen molar-refractivity contribution in [3.8, 4) is 11.4 Å². The molecule has 0 spiro atoms.